The van der Waals surface area contributed by atoms with E-state index < -0.39 is 16.7 Å². The minimum absolute atomic E-state index is 0.0315. The molecular formula is C44H67N5O6. The Morgan fingerprint density at radius 1 is 0.909 bits per heavy atom. The molecule has 1 unspecified atom stereocenters. The quantitative estimate of drug-likeness (QED) is 0.197. The van der Waals surface area contributed by atoms with Crippen molar-refractivity contribution in [1.29, 1.82) is 0 Å². The van der Waals surface area contributed by atoms with Gasteiger partial charge in [0.25, 0.3) is 5.91 Å². The molecule has 1 saturated heterocycles. The number of aryl methyl sites for hydroxylation is 1. The first kappa shape index (κ1) is 43.8. The lowest BCUT2D eigenvalue weighted by Gasteiger charge is -2.41. The lowest BCUT2D eigenvalue weighted by molar-refractivity contribution is -0.124. The van der Waals surface area contributed by atoms with Gasteiger partial charge in [0.15, 0.2) is 0 Å². The number of nitrogens with one attached hydrogen (secondary N) is 2. The fourth-order valence-corrected chi connectivity index (χ4v) is 7.69. The molecule has 2 aliphatic rings. The lowest BCUT2D eigenvalue weighted by atomic mass is 9.87. The second-order valence-electron chi connectivity index (χ2n) is 17.5. The van der Waals surface area contributed by atoms with E-state index in [9.17, 15) is 19.2 Å². The summed E-state index contributed by atoms with van der Waals surface area (Å²) in [6.45, 7) is 23.4. The largest absolute Gasteiger partial charge is 0.444 e. The van der Waals surface area contributed by atoms with Crippen molar-refractivity contribution in [3.8, 4) is 11.1 Å². The fourth-order valence-electron chi connectivity index (χ4n) is 7.69. The molecule has 4 rings (SSSR count). The molecule has 0 radical (unpaired) electrons. The summed E-state index contributed by atoms with van der Waals surface area (Å²) in [5, 5.41) is 6.21. The van der Waals surface area contributed by atoms with Crippen LogP contribution in [0.1, 0.15) is 117 Å². The summed E-state index contributed by atoms with van der Waals surface area (Å²) in [5.41, 5.74) is 3.20. The molecule has 1 fully saturated rings. The Balaban J connectivity index is 1.18. The number of carbonyl (C=O) groups is 4. The van der Waals surface area contributed by atoms with Crippen molar-refractivity contribution in [3.63, 3.8) is 0 Å². The van der Waals surface area contributed by atoms with Gasteiger partial charge in [-0.3, -0.25) is 19.3 Å². The van der Waals surface area contributed by atoms with Crippen molar-refractivity contribution in [1.82, 2.24) is 20.4 Å². The monoisotopic (exact) mass is 762 g/mol. The minimum atomic E-state index is -0.584. The Kier molecular flexibility index (Phi) is 14.9. The highest BCUT2D eigenvalue weighted by Gasteiger charge is 2.34. The van der Waals surface area contributed by atoms with E-state index >= 15 is 0 Å². The number of fused-ring (bicyclic) bond motifs is 1. The Morgan fingerprint density at radius 2 is 1.56 bits per heavy atom. The molecule has 0 aliphatic carbocycles. The third-order valence-electron chi connectivity index (χ3n) is 10.8. The molecule has 11 heteroatoms. The van der Waals surface area contributed by atoms with E-state index in [0.29, 0.717) is 44.1 Å². The van der Waals surface area contributed by atoms with E-state index in [2.05, 4.69) is 28.5 Å². The Labute approximate surface area is 329 Å². The van der Waals surface area contributed by atoms with Gasteiger partial charge in [0, 0.05) is 56.0 Å². The van der Waals surface area contributed by atoms with Crippen molar-refractivity contribution in [2.24, 2.45) is 5.92 Å². The summed E-state index contributed by atoms with van der Waals surface area (Å²) in [6, 6.07) is 14.0. The number of anilines is 1. The van der Waals surface area contributed by atoms with E-state index in [1.807, 2.05) is 102 Å². The molecule has 0 spiro atoms. The van der Waals surface area contributed by atoms with Crippen molar-refractivity contribution >= 4 is 29.5 Å². The predicted octanol–water partition coefficient (Wildman–Crippen LogP) is 7.21. The molecule has 4 amide bonds. The summed E-state index contributed by atoms with van der Waals surface area (Å²) in [7, 11) is 0. The maximum atomic E-state index is 13.2. The highest BCUT2D eigenvalue weighted by atomic mass is 16.6. The number of hydrogen-bond acceptors (Lipinski definition) is 7. The van der Waals surface area contributed by atoms with Gasteiger partial charge in [0.2, 0.25) is 11.8 Å². The maximum absolute atomic E-state index is 13.2. The highest BCUT2D eigenvalue weighted by molar-refractivity contribution is 5.95. The molecule has 304 valence electrons. The van der Waals surface area contributed by atoms with Crippen LogP contribution < -0.4 is 15.5 Å². The lowest BCUT2D eigenvalue weighted by Crippen LogP contribution is -2.50. The van der Waals surface area contributed by atoms with Crippen molar-refractivity contribution < 1.29 is 28.7 Å². The second-order valence-corrected chi connectivity index (χ2v) is 17.5. The minimum Gasteiger partial charge on any atom is -0.444 e. The molecule has 11 nitrogen and oxygen atoms in total. The molecule has 2 aliphatic heterocycles. The first-order valence-electron chi connectivity index (χ1n) is 20.3. The van der Waals surface area contributed by atoms with E-state index in [-0.39, 0.29) is 29.9 Å². The normalized spacial score (nSPS) is 16.2. The highest BCUT2D eigenvalue weighted by Crippen LogP contribution is 2.32. The molecule has 55 heavy (non-hydrogen) atoms. The zero-order valence-electron chi connectivity index (χ0n) is 35.2. The summed E-state index contributed by atoms with van der Waals surface area (Å²) in [5.74, 6) is 0.253. The van der Waals surface area contributed by atoms with E-state index in [1.54, 1.807) is 6.92 Å². The summed E-state index contributed by atoms with van der Waals surface area (Å²) < 4.78 is 11.9. The number of carbonyl (C=O) groups excluding carboxylic acids is 4. The van der Waals surface area contributed by atoms with Crippen molar-refractivity contribution in [2.45, 2.75) is 131 Å². The summed E-state index contributed by atoms with van der Waals surface area (Å²) in [6.07, 6.45) is 4.95. The van der Waals surface area contributed by atoms with Crippen molar-refractivity contribution in [3.05, 3.63) is 53.6 Å². The van der Waals surface area contributed by atoms with Crippen LogP contribution in [0.3, 0.4) is 0 Å². The Morgan fingerprint density at radius 3 is 2.16 bits per heavy atom. The summed E-state index contributed by atoms with van der Waals surface area (Å²) >= 11 is 0. The van der Waals surface area contributed by atoms with Crippen LogP contribution in [-0.4, -0.2) is 102 Å². The van der Waals surface area contributed by atoms with E-state index in [4.69, 9.17) is 9.47 Å². The van der Waals surface area contributed by atoms with E-state index in [0.717, 1.165) is 68.6 Å². The van der Waals surface area contributed by atoms with Gasteiger partial charge in [-0.15, -0.1) is 0 Å². The van der Waals surface area contributed by atoms with Crippen LogP contribution in [0, 0.1) is 5.92 Å². The van der Waals surface area contributed by atoms with Crippen LogP contribution in [-0.2, 0) is 25.5 Å². The zero-order chi connectivity index (χ0) is 40.6. The molecule has 1 atom stereocenters. The maximum Gasteiger partial charge on any atom is 0.410 e. The van der Waals surface area contributed by atoms with Crippen LogP contribution in [0.15, 0.2) is 42.5 Å². The third-order valence-corrected chi connectivity index (χ3v) is 10.8. The zero-order valence-corrected chi connectivity index (χ0v) is 35.2. The van der Waals surface area contributed by atoms with Crippen LogP contribution >= 0.6 is 0 Å². The smallest absolute Gasteiger partial charge is 0.410 e. The van der Waals surface area contributed by atoms with Gasteiger partial charge >= 0.3 is 6.09 Å². The van der Waals surface area contributed by atoms with Gasteiger partial charge in [-0.1, -0.05) is 25.1 Å². The average Bonchev–Trinajstić information content (AvgIpc) is 3.11. The molecule has 0 saturated carbocycles. The summed E-state index contributed by atoms with van der Waals surface area (Å²) in [4.78, 5) is 57.0. The number of piperidine rings is 1. The average molecular weight is 762 g/mol. The van der Waals surface area contributed by atoms with Gasteiger partial charge in [-0.2, -0.15) is 0 Å². The number of rotatable bonds is 15. The van der Waals surface area contributed by atoms with Crippen LogP contribution in [0.4, 0.5) is 10.5 Å². The molecule has 2 heterocycles. The number of ether oxygens (including phenoxy) is 2. The molecule has 2 aromatic carbocycles. The Hall–Kier alpha value is -3.96. The van der Waals surface area contributed by atoms with Gasteiger partial charge in [0.1, 0.15) is 5.60 Å². The third kappa shape index (κ3) is 12.8. The van der Waals surface area contributed by atoms with Crippen LogP contribution in [0.5, 0.6) is 0 Å². The number of amides is 4. The van der Waals surface area contributed by atoms with E-state index in [1.165, 1.54) is 5.56 Å². The fraction of sp³-hybridized carbons (Fsp3) is 0.636. The van der Waals surface area contributed by atoms with Gasteiger partial charge in [-0.25, -0.2) is 4.79 Å². The SMILES string of the molecule is CCC(C1CCN(CC(=O)NCC(C)(C)OCCC(C)(C)NC(=O)c2ccc(-c3ccc4c(c3)CCCN4C(C)=O)cc2)CC1)N(CC)C(=O)OC(C)(C)C. The number of nitrogens with zero attached hydrogens (tertiary/aromatic N) is 3. The first-order valence-corrected chi connectivity index (χ1v) is 20.3. The van der Waals surface area contributed by atoms with Crippen LogP contribution in [0.2, 0.25) is 0 Å². The van der Waals surface area contributed by atoms with Gasteiger partial charge in [-0.05, 0) is 154 Å². The standard InChI is InChI=1S/C44H67N5O6/c1-11-37(48(12-2)41(53)55-42(4,5)6)33-21-25-47(26-22-33)29-39(51)45-30-44(9,10)54-27-23-43(7,8)46-40(52)34-17-15-32(16-18-34)35-19-20-38-36(28-35)14-13-24-49(38)31(3)50/h15-20,28,33,37H,11-14,21-27,29-30H2,1-10H3,(H,45,51)(H,46,52). The molecular weight excluding hydrogens is 695 g/mol. The molecule has 2 aromatic rings. The van der Waals surface area contributed by atoms with Crippen LogP contribution in [0.25, 0.3) is 11.1 Å². The number of benzene rings is 2. The second kappa shape index (κ2) is 18.8. The number of hydrogen-bond donors (Lipinski definition) is 2. The Bertz CT molecular complexity index is 1620. The van der Waals surface area contributed by atoms with Gasteiger partial charge in [0.05, 0.1) is 12.1 Å². The van der Waals surface area contributed by atoms with Crippen molar-refractivity contribution in [2.75, 3.05) is 50.8 Å². The molecule has 0 bridgehead atoms. The first-order chi connectivity index (χ1) is 25.8. The number of likely N-dealkylation sites (tertiary alicyclic amines) is 1. The van der Waals surface area contributed by atoms with Gasteiger partial charge < -0.3 is 29.9 Å². The molecule has 0 aromatic heterocycles. The molecule has 2 N–H and O–H groups in total. The topological polar surface area (TPSA) is 121 Å². The predicted molar refractivity (Wildman–Crippen MR) is 219 cm³/mol.